The van der Waals surface area contributed by atoms with Gasteiger partial charge in [-0.25, -0.2) is 4.79 Å². The fourth-order valence-electron chi connectivity index (χ4n) is 2.19. The molecule has 7 heteroatoms. The number of nitrogens with zero attached hydrogens (tertiary/aromatic N) is 1. The number of nitro groups is 1. The molecule has 0 spiro atoms. The Morgan fingerprint density at radius 3 is 2.50 bits per heavy atom. The zero-order valence-electron chi connectivity index (χ0n) is 14.2. The van der Waals surface area contributed by atoms with E-state index in [0.29, 0.717) is 16.8 Å². The second-order valence-electron chi connectivity index (χ2n) is 5.53. The number of esters is 1. The summed E-state index contributed by atoms with van der Waals surface area (Å²) >= 11 is 0. The van der Waals surface area contributed by atoms with Gasteiger partial charge >= 0.3 is 5.97 Å². The van der Waals surface area contributed by atoms with E-state index >= 15 is 0 Å². The number of carbonyl (C=O) groups excluding carboxylic acids is 2. The second kappa shape index (κ2) is 8.57. The van der Waals surface area contributed by atoms with Gasteiger partial charge in [0.15, 0.2) is 5.78 Å². The van der Waals surface area contributed by atoms with E-state index in [0.717, 1.165) is 0 Å². The number of hydrogen-bond acceptors (Lipinski definition) is 6. The normalized spacial score (nSPS) is 10.0. The Bertz CT molecular complexity index is 846. The zero-order valence-corrected chi connectivity index (χ0v) is 14.2. The van der Waals surface area contributed by atoms with Crippen LogP contribution >= 0.6 is 0 Å². The lowest BCUT2D eigenvalue weighted by Gasteiger charge is -2.12. The van der Waals surface area contributed by atoms with Crippen LogP contribution in [0.3, 0.4) is 0 Å². The van der Waals surface area contributed by atoms with Crippen LogP contribution < -0.4 is 5.32 Å². The fraction of sp³-hybridized carbons (Fsp3) is 0.158. The first-order valence-corrected chi connectivity index (χ1v) is 7.85. The number of benzene rings is 2. The van der Waals surface area contributed by atoms with Crippen LogP contribution in [0.2, 0.25) is 0 Å². The average Bonchev–Trinajstić information content (AvgIpc) is 2.65. The van der Waals surface area contributed by atoms with Crippen LogP contribution in [0.5, 0.6) is 0 Å². The molecule has 0 heterocycles. The van der Waals surface area contributed by atoms with Crippen LogP contribution in [-0.4, -0.2) is 29.8 Å². The molecule has 0 bridgehead atoms. The van der Waals surface area contributed by atoms with Crippen LogP contribution in [0, 0.1) is 10.1 Å². The van der Waals surface area contributed by atoms with Crippen molar-refractivity contribution >= 4 is 23.1 Å². The first-order chi connectivity index (χ1) is 12.4. The molecule has 0 aromatic heterocycles. The monoisotopic (exact) mass is 354 g/mol. The number of anilines is 1. The van der Waals surface area contributed by atoms with E-state index in [1.54, 1.807) is 37.3 Å². The Morgan fingerprint density at radius 2 is 1.88 bits per heavy atom. The Labute approximate surface area is 150 Å². The molecule has 7 nitrogen and oxygen atoms in total. The van der Waals surface area contributed by atoms with Crippen molar-refractivity contribution in [1.82, 2.24) is 0 Å². The predicted octanol–water partition coefficient (Wildman–Crippen LogP) is 3.36. The molecule has 0 saturated carbocycles. The van der Waals surface area contributed by atoms with Crippen molar-refractivity contribution in [3.05, 3.63) is 81.9 Å². The van der Waals surface area contributed by atoms with Crippen LogP contribution in [-0.2, 0) is 9.53 Å². The summed E-state index contributed by atoms with van der Waals surface area (Å²) in [4.78, 5) is 34.5. The van der Waals surface area contributed by atoms with Crippen molar-refractivity contribution < 1.29 is 19.2 Å². The number of carbonyl (C=O) groups is 2. The Balaban J connectivity index is 2.20. The lowest BCUT2D eigenvalue weighted by molar-refractivity contribution is -0.384. The van der Waals surface area contributed by atoms with E-state index in [1.807, 2.05) is 0 Å². The first-order valence-electron chi connectivity index (χ1n) is 7.85. The zero-order chi connectivity index (χ0) is 19.1. The molecule has 0 aliphatic carbocycles. The quantitative estimate of drug-likeness (QED) is 0.195. The number of non-ortho nitro benzene ring substituents is 1. The van der Waals surface area contributed by atoms with Gasteiger partial charge in [0.1, 0.15) is 6.61 Å². The van der Waals surface area contributed by atoms with Crippen LogP contribution in [0.25, 0.3) is 0 Å². The minimum Gasteiger partial charge on any atom is -0.460 e. The van der Waals surface area contributed by atoms with Gasteiger partial charge in [-0.3, -0.25) is 14.9 Å². The Morgan fingerprint density at radius 1 is 1.19 bits per heavy atom. The average molecular weight is 354 g/mol. The SMILES string of the molecule is C=C(C)C(=O)OCCNc1ccc([N+](=O)[O-])cc1C(=O)c1ccccc1. The number of nitrogens with one attached hydrogen (secondary N) is 1. The molecule has 0 fully saturated rings. The standard InChI is InChI=1S/C19H18N2O5/c1-13(2)19(23)26-11-10-20-17-9-8-15(21(24)25)12-16(17)18(22)14-6-4-3-5-7-14/h3-9,12,20H,1,10-11H2,2H3. The van der Waals surface area contributed by atoms with Gasteiger partial charge in [-0.1, -0.05) is 36.9 Å². The van der Waals surface area contributed by atoms with Gasteiger partial charge in [0.25, 0.3) is 5.69 Å². The van der Waals surface area contributed by atoms with Crippen molar-refractivity contribution in [3.8, 4) is 0 Å². The van der Waals surface area contributed by atoms with E-state index in [4.69, 9.17) is 4.74 Å². The lowest BCUT2D eigenvalue weighted by atomic mass is 10.0. The summed E-state index contributed by atoms with van der Waals surface area (Å²) in [6.45, 7) is 5.34. The minimum atomic E-state index is -0.555. The molecule has 0 atom stereocenters. The van der Waals surface area contributed by atoms with E-state index < -0.39 is 10.9 Å². The van der Waals surface area contributed by atoms with Gasteiger partial charge in [-0.2, -0.15) is 0 Å². The van der Waals surface area contributed by atoms with Gasteiger partial charge in [0.05, 0.1) is 10.5 Å². The number of ether oxygens (including phenoxy) is 1. The highest BCUT2D eigenvalue weighted by molar-refractivity contribution is 6.12. The summed E-state index contributed by atoms with van der Waals surface area (Å²) < 4.78 is 4.98. The molecule has 2 aromatic carbocycles. The summed E-state index contributed by atoms with van der Waals surface area (Å²) in [5.41, 5.74) is 1.14. The number of nitro benzene ring substituents is 1. The maximum absolute atomic E-state index is 12.7. The molecule has 0 aliphatic heterocycles. The molecule has 2 aromatic rings. The van der Waals surface area contributed by atoms with E-state index in [9.17, 15) is 19.7 Å². The van der Waals surface area contributed by atoms with Crippen molar-refractivity contribution in [3.63, 3.8) is 0 Å². The smallest absolute Gasteiger partial charge is 0.333 e. The second-order valence-corrected chi connectivity index (χ2v) is 5.53. The molecule has 134 valence electrons. The topological polar surface area (TPSA) is 98.5 Å². The first kappa shape index (κ1) is 18.9. The van der Waals surface area contributed by atoms with Crippen LogP contribution in [0.1, 0.15) is 22.8 Å². The summed E-state index contributed by atoms with van der Waals surface area (Å²) in [6, 6.07) is 12.5. The van der Waals surface area contributed by atoms with Crippen molar-refractivity contribution in [2.24, 2.45) is 0 Å². The third kappa shape index (κ3) is 4.76. The predicted molar refractivity (Wildman–Crippen MR) is 97.2 cm³/mol. The minimum absolute atomic E-state index is 0.0711. The highest BCUT2D eigenvalue weighted by atomic mass is 16.6. The molecule has 26 heavy (non-hydrogen) atoms. The van der Waals surface area contributed by atoms with Crippen molar-refractivity contribution in [1.29, 1.82) is 0 Å². The number of ketones is 1. The maximum Gasteiger partial charge on any atom is 0.333 e. The summed E-state index contributed by atoms with van der Waals surface area (Å²) in [5, 5.41) is 14.0. The van der Waals surface area contributed by atoms with Gasteiger partial charge < -0.3 is 10.1 Å². The molecule has 0 amide bonds. The highest BCUT2D eigenvalue weighted by Crippen LogP contribution is 2.24. The van der Waals surface area contributed by atoms with E-state index in [-0.39, 0.29) is 30.2 Å². The fourth-order valence-corrected chi connectivity index (χ4v) is 2.19. The van der Waals surface area contributed by atoms with Gasteiger partial charge in [0, 0.05) is 35.5 Å². The molecule has 0 saturated heterocycles. The molecular weight excluding hydrogens is 336 g/mol. The van der Waals surface area contributed by atoms with Crippen molar-refractivity contribution in [2.75, 3.05) is 18.5 Å². The molecule has 0 radical (unpaired) electrons. The molecular formula is C19H18N2O5. The van der Waals surface area contributed by atoms with E-state index in [1.165, 1.54) is 18.2 Å². The van der Waals surface area contributed by atoms with E-state index in [2.05, 4.69) is 11.9 Å². The van der Waals surface area contributed by atoms with Crippen molar-refractivity contribution in [2.45, 2.75) is 6.92 Å². The summed E-state index contributed by atoms with van der Waals surface area (Å²) in [7, 11) is 0. The lowest BCUT2D eigenvalue weighted by Crippen LogP contribution is -2.16. The summed E-state index contributed by atoms with van der Waals surface area (Å²) in [5.74, 6) is -0.841. The van der Waals surface area contributed by atoms with Gasteiger partial charge in [-0.05, 0) is 13.0 Å². The molecule has 2 rings (SSSR count). The molecule has 1 N–H and O–H groups in total. The largest absolute Gasteiger partial charge is 0.460 e. The maximum atomic E-state index is 12.7. The van der Waals surface area contributed by atoms with Gasteiger partial charge in [-0.15, -0.1) is 0 Å². The third-order valence-electron chi connectivity index (χ3n) is 3.49. The summed E-state index contributed by atoms with van der Waals surface area (Å²) in [6.07, 6.45) is 0. The number of hydrogen-bond donors (Lipinski definition) is 1. The Hall–Kier alpha value is -3.48. The van der Waals surface area contributed by atoms with Crippen LogP contribution in [0.15, 0.2) is 60.7 Å². The molecule has 0 aliphatic rings. The third-order valence-corrected chi connectivity index (χ3v) is 3.49. The Kier molecular flexibility index (Phi) is 6.21. The molecule has 0 unspecified atom stereocenters. The number of rotatable bonds is 8. The van der Waals surface area contributed by atoms with Crippen LogP contribution in [0.4, 0.5) is 11.4 Å². The highest BCUT2D eigenvalue weighted by Gasteiger charge is 2.18. The van der Waals surface area contributed by atoms with Gasteiger partial charge in [0.2, 0.25) is 0 Å².